The molecule has 1 amide bonds. The number of hydrogen-bond acceptors (Lipinski definition) is 3. The molecule has 0 saturated carbocycles. The lowest BCUT2D eigenvalue weighted by atomic mass is 9.84. The van der Waals surface area contributed by atoms with Gasteiger partial charge in [-0.15, -0.1) is 11.3 Å². The maximum atomic E-state index is 12.1. The second kappa shape index (κ2) is 6.60. The summed E-state index contributed by atoms with van der Waals surface area (Å²) in [5, 5.41) is 11.7. The Kier molecular flexibility index (Phi) is 5.04. The summed E-state index contributed by atoms with van der Waals surface area (Å²) in [6, 6.07) is 2.03. The monoisotopic (exact) mass is 309 g/mol. The van der Waals surface area contributed by atoms with E-state index in [0.717, 1.165) is 24.1 Å². The highest BCUT2D eigenvalue weighted by atomic mass is 32.1. The highest BCUT2D eigenvalue weighted by Crippen LogP contribution is 2.30. The molecule has 0 aromatic carbocycles. The van der Waals surface area contributed by atoms with E-state index in [9.17, 15) is 9.59 Å². The van der Waals surface area contributed by atoms with Gasteiger partial charge in [-0.2, -0.15) is 0 Å². The van der Waals surface area contributed by atoms with E-state index in [4.69, 9.17) is 5.11 Å². The molecule has 0 unspecified atom stereocenters. The van der Waals surface area contributed by atoms with Gasteiger partial charge in [0.25, 0.3) is 5.91 Å². The summed E-state index contributed by atoms with van der Waals surface area (Å²) in [6.45, 7) is 4.68. The van der Waals surface area contributed by atoms with Crippen molar-refractivity contribution >= 4 is 23.2 Å². The van der Waals surface area contributed by atoms with E-state index in [0.29, 0.717) is 13.0 Å². The van der Waals surface area contributed by atoms with E-state index in [1.807, 2.05) is 19.9 Å². The fourth-order valence-electron chi connectivity index (χ4n) is 2.61. The van der Waals surface area contributed by atoms with Crippen molar-refractivity contribution in [2.75, 3.05) is 6.54 Å². The van der Waals surface area contributed by atoms with Gasteiger partial charge in [0.15, 0.2) is 0 Å². The second-order valence-corrected chi connectivity index (χ2v) is 7.61. The van der Waals surface area contributed by atoms with E-state index in [-0.39, 0.29) is 17.7 Å². The third-order valence-corrected chi connectivity index (χ3v) is 5.31. The maximum absolute atomic E-state index is 12.1. The smallest absolute Gasteiger partial charge is 0.303 e. The van der Waals surface area contributed by atoms with E-state index >= 15 is 0 Å². The molecule has 0 radical (unpaired) electrons. The summed E-state index contributed by atoms with van der Waals surface area (Å²) in [6.07, 6.45) is 5.01. The number of carbonyl (C=O) groups excluding carboxylic acids is 1. The SMILES string of the molecule is CC(C)(CCNC(=O)c1cc2c(s1)CCC2)CCC(=O)O. The van der Waals surface area contributed by atoms with Crippen molar-refractivity contribution in [3.63, 3.8) is 0 Å². The van der Waals surface area contributed by atoms with Gasteiger partial charge >= 0.3 is 5.97 Å². The Morgan fingerprint density at radius 2 is 2.10 bits per heavy atom. The van der Waals surface area contributed by atoms with E-state index in [2.05, 4.69) is 5.32 Å². The van der Waals surface area contributed by atoms with Crippen molar-refractivity contribution < 1.29 is 14.7 Å². The summed E-state index contributed by atoms with van der Waals surface area (Å²) in [5.74, 6) is -0.761. The lowest BCUT2D eigenvalue weighted by Gasteiger charge is -2.23. The molecule has 0 bridgehead atoms. The number of fused-ring (bicyclic) bond motifs is 1. The van der Waals surface area contributed by atoms with Crippen LogP contribution in [0.1, 0.15) is 59.6 Å². The molecule has 1 aliphatic rings. The van der Waals surface area contributed by atoms with Crippen LogP contribution in [0, 0.1) is 5.41 Å². The number of thiophene rings is 1. The Labute approximate surface area is 129 Å². The Morgan fingerprint density at radius 3 is 2.76 bits per heavy atom. The fraction of sp³-hybridized carbons (Fsp3) is 0.625. The highest BCUT2D eigenvalue weighted by Gasteiger charge is 2.21. The van der Waals surface area contributed by atoms with Gasteiger partial charge in [0, 0.05) is 17.8 Å². The fourth-order valence-corrected chi connectivity index (χ4v) is 3.78. The number of hydrogen-bond donors (Lipinski definition) is 2. The minimum absolute atomic E-state index is 0.00318. The quantitative estimate of drug-likeness (QED) is 0.812. The molecule has 2 rings (SSSR count). The van der Waals surface area contributed by atoms with Crippen LogP contribution >= 0.6 is 11.3 Å². The molecule has 1 heterocycles. The van der Waals surface area contributed by atoms with Gasteiger partial charge in [-0.05, 0) is 49.1 Å². The Hall–Kier alpha value is -1.36. The van der Waals surface area contributed by atoms with Gasteiger partial charge in [0.2, 0.25) is 0 Å². The van der Waals surface area contributed by atoms with Crippen LogP contribution in [0.2, 0.25) is 0 Å². The zero-order valence-electron chi connectivity index (χ0n) is 12.7. The molecule has 0 atom stereocenters. The average molecular weight is 309 g/mol. The van der Waals surface area contributed by atoms with Gasteiger partial charge in [-0.1, -0.05) is 13.8 Å². The number of carbonyl (C=O) groups is 2. The van der Waals surface area contributed by atoms with Gasteiger partial charge in [0.1, 0.15) is 0 Å². The Morgan fingerprint density at radius 1 is 1.33 bits per heavy atom. The van der Waals surface area contributed by atoms with E-state index in [1.165, 1.54) is 16.9 Å². The lowest BCUT2D eigenvalue weighted by Crippen LogP contribution is -2.28. The number of aryl methyl sites for hydroxylation is 2. The van der Waals surface area contributed by atoms with E-state index < -0.39 is 5.97 Å². The van der Waals surface area contributed by atoms with Crippen LogP contribution in [0.5, 0.6) is 0 Å². The first kappa shape index (κ1) is 16.0. The first-order valence-electron chi connectivity index (χ1n) is 7.49. The molecule has 1 aliphatic carbocycles. The van der Waals surface area contributed by atoms with Crippen LogP contribution in [0.15, 0.2) is 6.07 Å². The first-order chi connectivity index (χ1) is 9.87. The highest BCUT2D eigenvalue weighted by molar-refractivity contribution is 7.14. The molecular formula is C16H23NO3S. The van der Waals surface area contributed by atoms with Crippen LogP contribution < -0.4 is 5.32 Å². The minimum Gasteiger partial charge on any atom is -0.481 e. The summed E-state index contributed by atoms with van der Waals surface area (Å²) >= 11 is 1.61. The number of aliphatic carboxylic acids is 1. The van der Waals surface area contributed by atoms with Gasteiger partial charge in [-0.25, -0.2) is 0 Å². The van der Waals surface area contributed by atoms with Crippen molar-refractivity contribution in [2.24, 2.45) is 5.41 Å². The third kappa shape index (κ3) is 4.56. The maximum Gasteiger partial charge on any atom is 0.303 e. The summed E-state index contributed by atoms with van der Waals surface area (Å²) < 4.78 is 0. The van der Waals surface area contributed by atoms with E-state index in [1.54, 1.807) is 11.3 Å². The van der Waals surface area contributed by atoms with Crippen LogP contribution in [-0.2, 0) is 17.6 Å². The number of rotatable bonds is 7. The van der Waals surface area contributed by atoms with Crippen molar-refractivity contribution in [2.45, 2.75) is 52.4 Å². The number of carboxylic acid groups (broad SMARTS) is 1. The summed E-state index contributed by atoms with van der Waals surface area (Å²) in [7, 11) is 0. The normalized spacial score (nSPS) is 14.0. The lowest BCUT2D eigenvalue weighted by molar-refractivity contribution is -0.137. The largest absolute Gasteiger partial charge is 0.481 e. The van der Waals surface area contributed by atoms with Crippen molar-refractivity contribution in [3.05, 3.63) is 21.4 Å². The number of carboxylic acids is 1. The molecule has 1 aromatic heterocycles. The Balaban J connectivity index is 1.77. The molecule has 0 fully saturated rings. The Bertz CT molecular complexity index is 512. The van der Waals surface area contributed by atoms with Crippen molar-refractivity contribution in [1.29, 1.82) is 0 Å². The van der Waals surface area contributed by atoms with Gasteiger partial charge < -0.3 is 10.4 Å². The van der Waals surface area contributed by atoms with Crippen LogP contribution in [0.3, 0.4) is 0 Å². The van der Waals surface area contributed by atoms with Crippen molar-refractivity contribution in [3.8, 4) is 0 Å². The minimum atomic E-state index is -0.764. The number of nitrogens with one attached hydrogen (secondary N) is 1. The molecule has 2 N–H and O–H groups in total. The zero-order valence-corrected chi connectivity index (χ0v) is 13.5. The topological polar surface area (TPSA) is 66.4 Å². The van der Waals surface area contributed by atoms with Crippen LogP contribution in [-0.4, -0.2) is 23.5 Å². The standard InChI is InChI=1S/C16H23NO3S/c1-16(2,7-6-14(18)19)8-9-17-15(20)13-10-11-4-3-5-12(11)21-13/h10H,3-9H2,1-2H3,(H,17,20)(H,18,19). The van der Waals surface area contributed by atoms with Gasteiger partial charge in [0.05, 0.1) is 4.88 Å². The third-order valence-electron chi connectivity index (χ3n) is 4.07. The molecule has 5 heteroatoms. The van der Waals surface area contributed by atoms with Gasteiger partial charge in [-0.3, -0.25) is 9.59 Å². The number of amides is 1. The molecule has 116 valence electrons. The average Bonchev–Trinajstić information content (AvgIpc) is 2.96. The molecule has 0 aliphatic heterocycles. The van der Waals surface area contributed by atoms with Crippen LogP contribution in [0.4, 0.5) is 0 Å². The predicted molar refractivity (Wildman–Crippen MR) is 83.9 cm³/mol. The molecule has 4 nitrogen and oxygen atoms in total. The van der Waals surface area contributed by atoms with Crippen LogP contribution in [0.25, 0.3) is 0 Å². The molecule has 1 aromatic rings. The second-order valence-electron chi connectivity index (χ2n) is 6.48. The molecule has 0 saturated heterocycles. The summed E-state index contributed by atoms with van der Waals surface area (Å²) in [5.41, 5.74) is 1.27. The summed E-state index contributed by atoms with van der Waals surface area (Å²) in [4.78, 5) is 24.9. The molecule has 0 spiro atoms. The molecular weight excluding hydrogens is 286 g/mol. The van der Waals surface area contributed by atoms with Crippen molar-refractivity contribution in [1.82, 2.24) is 5.32 Å². The molecule has 21 heavy (non-hydrogen) atoms. The first-order valence-corrected chi connectivity index (χ1v) is 8.31. The predicted octanol–water partition coefficient (Wildman–Crippen LogP) is 3.25. The zero-order chi connectivity index (χ0) is 15.5.